The van der Waals surface area contributed by atoms with E-state index in [-0.39, 0.29) is 24.9 Å². The number of fused-ring (bicyclic) bond motifs is 1. The van der Waals surface area contributed by atoms with Crippen molar-refractivity contribution in [3.05, 3.63) is 71.9 Å². The Hall–Kier alpha value is -3.35. The van der Waals surface area contributed by atoms with Gasteiger partial charge in [0.2, 0.25) is 5.91 Å². The lowest BCUT2D eigenvalue weighted by atomic mass is 9.93. The molecule has 1 atom stereocenters. The first-order chi connectivity index (χ1) is 15.3. The fourth-order valence-corrected chi connectivity index (χ4v) is 4.12. The summed E-state index contributed by atoms with van der Waals surface area (Å²) in [6, 6.07) is 13.5. The van der Waals surface area contributed by atoms with E-state index in [4.69, 9.17) is 4.42 Å². The molecule has 0 saturated heterocycles. The summed E-state index contributed by atoms with van der Waals surface area (Å²) in [5.74, 6) is 0.0767. The quantitative estimate of drug-likeness (QED) is 0.593. The third kappa shape index (κ3) is 3.95. The number of nitrogens with zero attached hydrogens (tertiary/aromatic N) is 2. The number of carbonyl (C=O) groups is 2. The number of rotatable bonds is 7. The molecular weight excluding hydrogens is 409 g/mol. The number of aromatic nitrogens is 1. The third-order valence-electron chi connectivity index (χ3n) is 6.06. The number of hydrogen-bond donors (Lipinski definition) is 1. The Balaban J connectivity index is 1.73. The Bertz CT molecular complexity index is 1120. The van der Waals surface area contributed by atoms with Crippen LogP contribution in [0.15, 0.2) is 59.2 Å². The van der Waals surface area contributed by atoms with Crippen LogP contribution in [-0.4, -0.2) is 33.4 Å². The first kappa shape index (κ1) is 21.9. The molecule has 0 aliphatic carbocycles. The molecule has 0 saturated carbocycles. The molecule has 2 aromatic heterocycles. The lowest BCUT2D eigenvalue weighted by Gasteiger charge is -2.44. The van der Waals surface area contributed by atoms with Gasteiger partial charge in [0.25, 0.3) is 5.91 Å². The zero-order valence-electron chi connectivity index (χ0n) is 18.6. The maximum absolute atomic E-state index is 14.4. The molecule has 1 aliphatic rings. The van der Waals surface area contributed by atoms with E-state index < -0.39 is 11.4 Å². The molecule has 3 heterocycles. The average Bonchev–Trinajstić information content (AvgIpc) is 3.41. The second-order valence-electron chi connectivity index (χ2n) is 8.86. The van der Waals surface area contributed by atoms with Gasteiger partial charge in [-0.3, -0.25) is 9.59 Å². The topological polar surface area (TPSA) is 67.5 Å². The number of amides is 2. The highest BCUT2D eigenvalue weighted by Gasteiger charge is 2.48. The SMILES string of the molecule is CC(C)CCNC(=O)C1(C)Cn2c(ccc2-c2ccco2)C(=O)N1Cc1ccccc1F. The van der Waals surface area contributed by atoms with Crippen LogP contribution in [0.3, 0.4) is 0 Å². The molecule has 32 heavy (non-hydrogen) atoms. The first-order valence-electron chi connectivity index (χ1n) is 10.9. The van der Waals surface area contributed by atoms with Crippen LogP contribution in [0, 0.1) is 11.7 Å². The van der Waals surface area contributed by atoms with E-state index in [9.17, 15) is 14.0 Å². The second-order valence-corrected chi connectivity index (χ2v) is 8.86. The van der Waals surface area contributed by atoms with Gasteiger partial charge in [0.05, 0.1) is 25.0 Å². The Morgan fingerprint density at radius 3 is 2.59 bits per heavy atom. The fraction of sp³-hybridized carbons (Fsp3) is 0.360. The minimum atomic E-state index is -1.20. The molecule has 0 fully saturated rings. The molecular formula is C25H28FN3O3. The molecule has 0 radical (unpaired) electrons. The minimum absolute atomic E-state index is 0.000866. The number of furan rings is 1. The molecule has 1 N–H and O–H groups in total. The number of carbonyl (C=O) groups excluding carboxylic acids is 2. The Morgan fingerprint density at radius 1 is 1.16 bits per heavy atom. The molecule has 1 unspecified atom stereocenters. The predicted molar refractivity (Wildman–Crippen MR) is 119 cm³/mol. The van der Waals surface area contributed by atoms with Crippen molar-refractivity contribution in [2.24, 2.45) is 5.92 Å². The monoisotopic (exact) mass is 437 g/mol. The highest BCUT2D eigenvalue weighted by molar-refractivity contribution is 6.00. The summed E-state index contributed by atoms with van der Waals surface area (Å²) in [6.45, 7) is 6.66. The summed E-state index contributed by atoms with van der Waals surface area (Å²) < 4.78 is 21.8. The number of hydrogen-bond acceptors (Lipinski definition) is 3. The summed E-state index contributed by atoms with van der Waals surface area (Å²) in [5, 5.41) is 2.99. The van der Waals surface area contributed by atoms with Gasteiger partial charge in [-0.2, -0.15) is 0 Å². The molecule has 2 amide bonds. The normalized spacial score (nSPS) is 18.2. The average molecular weight is 438 g/mol. The van der Waals surface area contributed by atoms with Gasteiger partial charge in [0.1, 0.15) is 22.8 Å². The van der Waals surface area contributed by atoms with Gasteiger partial charge < -0.3 is 19.2 Å². The van der Waals surface area contributed by atoms with Crippen LogP contribution in [0.5, 0.6) is 0 Å². The van der Waals surface area contributed by atoms with E-state index in [2.05, 4.69) is 19.2 Å². The van der Waals surface area contributed by atoms with E-state index in [1.807, 2.05) is 16.7 Å². The smallest absolute Gasteiger partial charge is 0.271 e. The van der Waals surface area contributed by atoms with Crippen LogP contribution >= 0.6 is 0 Å². The van der Waals surface area contributed by atoms with Crippen molar-refractivity contribution in [1.82, 2.24) is 14.8 Å². The third-order valence-corrected chi connectivity index (χ3v) is 6.06. The molecule has 4 rings (SSSR count). The number of halogens is 1. The molecule has 7 heteroatoms. The van der Waals surface area contributed by atoms with E-state index in [1.54, 1.807) is 43.5 Å². The summed E-state index contributed by atoms with van der Waals surface area (Å²) in [7, 11) is 0. The second kappa shape index (κ2) is 8.65. The van der Waals surface area contributed by atoms with Gasteiger partial charge >= 0.3 is 0 Å². The molecule has 1 aromatic carbocycles. The summed E-state index contributed by atoms with van der Waals surface area (Å²) in [5.41, 5.74) is 0.336. The molecule has 0 spiro atoms. The molecule has 6 nitrogen and oxygen atoms in total. The van der Waals surface area contributed by atoms with Crippen molar-refractivity contribution in [3.63, 3.8) is 0 Å². The van der Waals surface area contributed by atoms with Crippen LogP contribution in [0.4, 0.5) is 4.39 Å². The largest absolute Gasteiger partial charge is 0.463 e. The number of benzene rings is 1. The standard InChI is InChI=1S/C25H28FN3O3/c1-17(2)12-13-27-24(31)25(3)16-28-20(22-9-6-14-32-22)10-11-21(28)23(30)29(25)15-18-7-4-5-8-19(18)26/h4-11,14,17H,12-13,15-16H2,1-3H3,(H,27,31). The van der Waals surface area contributed by atoms with Crippen LogP contribution in [0.2, 0.25) is 0 Å². The van der Waals surface area contributed by atoms with Crippen LogP contribution in [-0.2, 0) is 17.9 Å². The van der Waals surface area contributed by atoms with Gasteiger partial charge in [-0.05, 0) is 49.6 Å². The van der Waals surface area contributed by atoms with E-state index in [1.165, 1.54) is 11.0 Å². The fourth-order valence-electron chi connectivity index (χ4n) is 4.12. The zero-order chi connectivity index (χ0) is 22.9. The van der Waals surface area contributed by atoms with E-state index >= 15 is 0 Å². The maximum atomic E-state index is 14.4. The van der Waals surface area contributed by atoms with Crippen molar-refractivity contribution in [2.75, 3.05) is 6.54 Å². The molecule has 168 valence electrons. The van der Waals surface area contributed by atoms with Gasteiger partial charge in [-0.1, -0.05) is 32.0 Å². The molecule has 0 bridgehead atoms. The van der Waals surface area contributed by atoms with Crippen molar-refractivity contribution < 1.29 is 18.4 Å². The Morgan fingerprint density at radius 2 is 1.91 bits per heavy atom. The summed E-state index contributed by atoms with van der Waals surface area (Å²) >= 11 is 0. The lowest BCUT2D eigenvalue weighted by Crippen LogP contribution is -2.63. The highest BCUT2D eigenvalue weighted by Crippen LogP contribution is 2.34. The predicted octanol–water partition coefficient (Wildman–Crippen LogP) is 4.46. The van der Waals surface area contributed by atoms with Gasteiger partial charge in [0, 0.05) is 12.1 Å². The van der Waals surface area contributed by atoms with Gasteiger partial charge in [-0.25, -0.2) is 4.39 Å². The van der Waals surface area contributed by atoms with Crippen LogP contribution < -0.4 is 5.32 Å². The highest BCUT2D eigenvalue weighted by atomic mass is 19.1. The molecule has 3 aromatic rings. The first-order valence-corrected chi connectivity index (χ1v) is 10.9. The van der Waals surface area contributed by atoms with E-state index in [0.29, 0.717) is 29.5 Å². The van der Waals surface area contributed by atoms with Crippen molar-refractivity contribution >= 4 is 11.8 Å². The van der Waals surface area contributed by atoms with Crippen molar-refractivity contribution in [1.29, 1.82) is 0 Å². The van der Waals surface area contributed by atoms with Gasteiger partial charge in [-0.15, -0.1) is 0 Å². The van der Waals surface area contributed by atoms with Crippen molar-refractivity contribution in [2.45, 2.75) is 45.8 Å². The Kier molecular flexibility index (Phi) is 5.91. The van der Waals surface area contributed by atoms with Crippen molar-refractivity contribution in [3.8, 4) is 11.5 Å². The zero-order valence-corrected chi connectivity index (χ0v) is 18.6. The van der Waals surface area contributed by atoms with E-state index in [0.717, 1.165) is 12.1 Å². The maximum Gasteiger partial charge on any atom is 0.271 e. The van der Waals surface area contributed by atoms with Crippen LogP contribution in [0.25, 0.3) is 11.5 Å². The van der Waals surface area contributed by atoms with Gasteiger partial charge in [0.15, 0.2) is 0 Å². The van der Waals surface area contributed by atoms with Crippen LogP contribution in [0.1, 0.15) is 43.2 Å². The molecule has 1 aliphatic heterocycles. The number of nitrogens with one attached hydrogen (secondary N) is 1. The lowest BCUT2D eigenvalue weighted by molar-refractivity contribution is -0.133. The Labute approximate surface area is 187 Å². The summed E-state index contributed by atoms with van der Waals surface area (Å²) in [4.78, 5) is 28.5. The minimum Gasteiger partial charge on any atom is -0.463 e. The summed E-state index contributed by atoms with van der Waals surface area (Å²) in [6.07, 6.45) is 2.40.